The van der Waals surface area contributed by atoms with Gasteiger partial charge in [0.15, 0.2) is 5.69 Å². The van der Waals surface area contributed by atoms with Gasteiger partial charge in [-0.1, -0.05) is 0 Å². The smallest absolute Gasteiger partial charge is 0.355 e. The van der Waals surface area contributed by atoms with Crippen molar-refractivity contribution in [3.05, 3.63) is 42.4 Å². The van der Waals surface area contributed by atoms with E-state index in [0.717, 1.165) is 5.56 Å². The zero-order valence-corrected chi connectivity index (χ0v) is 8.29. The maximum absolute atomic E-state index is 11.0. The Labute approximate surface area is 91.6 Å². The van der Waals surface area contributed by atoms with E-state index in [1.54, 1.807) is 36.7 Å². The minimum Gasteiger partial charge on any atom is -0.476 e. The zero-order chi connectivity index (χ0) is 11.5. The van der Waals surface area contributed by atoms with E-state index in [1.807, 2.05) is 0 Å². The lowest BCUT2D eigenvalue weighted by Gasteiger charge is -2.05. The molecule has 0 amide bonds. The molecule has 2 heterocycles. The van der Waals surface area contributed by atoms with Crippen LogP contribution in [0.25, 0.3) is 11.1 Å². The second-order valence-electron chi connectivity index (χ2n) is 3.17. The second-order valence-corrected chi connectivity index (χ2v) is 3.17. The molecular weight excluding hydrogens is 206 g/mol. The van der Waals surface area contributed by atoms with Gasteiger partial charge in [0.25, 0.3) is 0 Å². The van der Waals surface area contributed by atoms with Gasteiger partial charge >= 0.3 is 5.97 Å². The Morgan fingerprint density at radius 1 is 1.19 bits per heavy atom. The number of pyridine rings is 2. The molecule has 0 fully saturated rings. The van der Waals surface area contributed by atoms with E-state index in [-0.39, 0.29) is 11.5 Å². The van der Waals surface area contributed by atoms with Gasteiger partial charge in [-0.05, 0) is 29.8 Å². The Balaban J connectivity index is 2.61. The van der Waals surface area contributed by atoms with Gasteiger partial charge in [-0.2, -0.15) is 0 Å². The van der Waals surface area contributed by atoms with Gasteiger partial charge in [0.2, 0.25) is 0 Å². The fraction of sp³-hybridized carbons (Fsp3) is 0. The zero-order valence-electron chi connectivity index (χ0n) is 8.29. The van der Waals surface area contributed by atoms with Crippen LogP contribution in [0.3, 0.4) is 0 Å². The number of nitrogen functional groups attached to an aromatic ring is 1. The fourth-order valence-corrected chi connectivity index (χ4v) is 1.40. The summed E-state index contributed by atoms with van der Waals surface area (Å²) in [5, 5.41) is 9.02. The molecule has 0 saturated carbocycles. The van der Waals surface area contributed by atoms with Crippen LogP contribution >= 0.6 is 0 Å². The molecule has 0 aromatic carbocycles. The van der Waals surface area contributed by atoms with Crippen molar-refractivity contribution in [2.45, 2.75) is 0 Å². The highest BCUT2D eigenvalue weighted by Gasteiger charge is 2.13. The van der Waals surface area contributed by atoms with Gasteiger partial charge in [-0.3, -0.25) is 4.98 Å². The number of aromatic nitrogens is 2. The van der Waals surface area contributed by atoms with E-state index >= 15 is 0 Å². The van der Waals surface area contributed by atoms with Crippen molar-refractivity contribution in [1.82, 2.24) is 9.97 Å². The van der Waals surface area contributed by atoms with Crippen molar-refractivity contribution in [3.8, 4) is 11.1 Å². The molecular formula is C11H9N3O2. The summed E-state index contributed by atoms with van der Waals surface area (Å²) >= 11 is 0. The van der Waals surface area contributed by atoms with E-state index in [0.29, 0.717) is 5.56 Å². The number of carbonyl (C=O) groups is 1. The first-order chi connectivity index (χ1) is 7.68. The Bertz CT molecular complexity index is 526. The molecule has 0 aliphatic carbocycles. The summed E-state index contributed by atoms with van der Waals surface area (Å²) in [6.07, 6.45) is 3.19. The van der Waals surface area contributed by atoms with Crippen LogP contribution < -0.4 is 5.73 Å². The average Bonchev–Trinajstić information content (AvgIpc) is 2.30. The molecule has 2 aromatic rings. The minimum absolute atomic E-state index is 0.0498. The molecule has 0 saturated heterocycles. The molecule has 0 spiro atoms. The van der Waals surface area contributed by atoms with Crippen LogP contribution in [0.5, 0.6) is 0 Å². The van der Waals surface area contributed by atoms with Gasteiger partial charge in [0.1, 0.15) is 5.82 Å². The van der Waals surface area contributed by atoms with Gasteiger partial charge < -0.3 is 10.8 Å². The summed E-state index contributed by atoms with van der Waals surface area (Å²) in [7, 11) is 0. The second kappa shape index (κ2) is 3.98. The Morgan fingerprint density at radius 3 is 2.50 bits per heavy atom. The number of anilines is 1. The predicted octanol–water partition coefficient (Wildman–Crippen LogP) is 1.42. The molecule has 0 atom stereocenters. The SMILES string of the molecule is Nc1ccc(-c2ccncc2)c(C(=O)O)n1. The number of carboxylic acids is 1. The normalized spacial score (nSPS) is 10.0. The van der Waals surface area contributed by atoms with Gasteiger partial charge in [0.05, 0.1) is 0 Å². The number of hydrogen-bond donors (Lipinski definition) is 2. The molecule has 2 aromatic heterocycles. The number of carboxylic acid groups (broad SMARTS) is 1. The van der Waals surface area contributed by atoms with E-state index in [1.165, 1.54) is 0 Å². The average molecular weight is 215 g/mol. The summed E-state index contributed by atoms with van der Waals surface area (Å²) in [5.41, 5.74) is 6.69. The van der Waals surface area contributed by atoms with Crippen molar-refractivity contribution in [1.29, 1.82) is 0 Å². The molecule has 0 aliphatic heterocycles. The highest BCUT2D eigenvalue weighted by Crippen LogP contribution is 2.22. The first kappa shape index (κ1) is 10.1. The van der Waals surface area contributed by atoms with Gasteiger partial charge in [-0.25, -0.2) is 9.78 Å². The first-order valence-corrected chi connectivity index (χ1v) is 4.58. The third-order valence-electron chi connectivity index (χ3n) is 2.11. The summed E-state index contributed by atoms with van der Waals surface area (Å²) in [6, 6.07) is 6.66. The Kier molecular flexibility index (Phi) is 2.51. The van der Waals surface area contributed by atoms with Gasteiger partial charge in [-0.15, -0.1) is 0 Å². The third kappa shape index (κ3) is 1.83. The predicted molar refractivity (Wildman–Crippen MR) is 58.8 cm³/mol. The molecule has 0 bridgehead atoms. The van der Waals surface area contributed by atoms with Crippen molar-refractivity contribution < 1.29 is 9.90 Å². The van der Waals surface area contributed by atoms with E-state index < -0.39 is 5.97 Å². The molecule has 5 heteroatoms. The van der Waals surface area contributed by atoms with Crippen LogP contribution in [-0.4, -0.2) is 21.0 Å². The number of nitrogens with zero attached hydrogens (tertiary/aromatic N) is 2. The summed E-state index contributed by atoms with van der Waals surface area (Å²) in [4.78, 5) is 18.7. The van der Waals surface area contributed by atoms with Crippen LogP contribution in [0.2, 0.25) is 0 Å². The van der Waals surface area contributed by atoms with Crippen LogP contribution in [0, 0.1) is 0 Å². The number of rotatable bonds is 2. The lowest BCUT2D eigenvalue weighted by Crippen LogP contribution is -2.05. The number of aromatic carboxylic acids is 1. The lowest BCUT2D eigenvalue weighted by molar-refractivity contribution is 0.0691. The molecule has 80 valence electrons. The standard InChI is InChI=1S/C11H9N3O2/c12-9-2-1-8(10(14-9)11(15)16)7-3-5-13-6-4-7/h1-6H,(H2,12,14)(H,15,16). The van der Waals surface area contributed by atoms with E-state index in [9.17, 15) is 4.79 Å². The monoisotopic (exact) mass is 215 g/mol. The van der Waals surface area contributed by atoms with E-state index in [2.05, 4.69) is 9.97 Å². The molecule has 5 nitrogen and oxygen atoms in total. The highest BCUT2D eigenvalue weighted by atomic mass is 16.4. The number of hydrogen-bond acceptors (Lipinski definition) is 4. The molecule has 0 unspecified atom stereocenters. The summed E-state index contributed by atoms with van der Waals surface area (Å²) < 4.78 is 0. The van der Waals surface area contributed by atoms with Crippen molar-refractivity contribution in [2.75, 3.05) is 5.73 Å². The van der Waals surface area contributed by atoms with Crippen LogP contribution in [0.4, 0.5) is 5.82 Å². The topological polar surface area (TPSA) is 89.1 Å². The highest BCUT2D eigenvalue weighted by molar-refractivity contribution is 5.94. The molecule has 0 aliphatic rings. The quantitative estimate of drug-likeness (QED) is 0.790. The third-order valence-corrected chi connectivity index (χ3v) is 2.11. The van der Waals surface area contributed by atoms with Gasteiger partial charge in [0, 0.05) is 18.0 Å². The van der Waals surface area contributed by atoms with Crippen molar-refractivity contribution in [3.63, 3.8) is 0 Å². The lowest BCUT2D eigenvalue weighted by atomic mass is 10.1. The van der Waals surface area contributed by atoms with Crippen molar-refractivity contribution >= 4 is 11.8 Å². The number of nitrogens with two attached hydrogens (primary N) is 1. The maximum Gasteiger partial charge on any atom is 0.355 e. The van der Waals surface area contributed by atoms with Crippen molar-refractivity contribution in [2.24, 2.45) is 0 Å². The Hall–Kier alpha value is -2.43. The van der Waals surface area contributed by atoms with Crippen LogP contribution in [0.15, 0.2) is 36.7 Å². The largest absolute Gasteiger partial charge is 0.476 e. The molecule has 16 heavy (non-hydrogen) atoms. The molecule has 0 radical (unpaired) electrons. The molecule has 3 N–H and O–H groups in total. The van der Waals surface area contributed by atoms with E-state index in [4.69, 9.17) is 10.8 Å². The summed E-state index contributed by atoms with van der Waals surface area (Å²) in [5.74, 6) is -0.908. The first-order valence-electron chi connectivity index (χ1n) is 4.58. The molecule has 2 rings (SSSR count). The fourth-order valence-electron chi connectivity index (χ4n) is 1.40. The minimum atomic E-state index is -1.10. The van der Waals surface area contributed by atoms with Crippen LogP contribution in [-0.2, 0) is 0 Å². The Morgan fingerprint density at radius 2 is 1.88 bits per heavy atom. The maximum atomic E-state index is 11.0. The van der Waals surface area contributed by atoms with Crippen LogP contribution in [0.1, 0.15) is 10.5 Å². The summed E-state index contributed by atoms with van der Waals surface area (Å²) in [6.45, 7) is 0.